The van der Waals surface area contributed by atoms with Gasteiger partial charge in [-0.3, -0.25) is 4.99 Å². The van der Waals surface area contributed by atoms with Crippen LogP contribution in [0.25, 0.3) is 0 Å². The van der Waals surface area contributed by atoms with Gasteiger partial charge >= 0.3 is 6.18 Å². The van der Waals surface area contributed by atoms with Crippen molar-refractivity contribution < 1.29 is 21.6 Å². The van der Waals surface area contributed by atoms with Gasteiger partial charge in [-0.25, -0.2) is 13.4 Å². The lowest BCUT2D eigenvalue weighted by atomic mass is 10.1. The molecule has 0 saturated carbocycles. The maximum Gasteiger partial charge on any atom is 0.419 e. The molecular weight excluding hydrogens is 546 g/mol. The summed E-state index contributed by atoms with van der Waals surface area (Å²) in [6.07, 6.45) is -1.37. The number of hydrogen-bond acceptors (Lipinski definition) is 5. The van der Waals surface area contributed by atoms with Gasteiger partial charge < -0.3 is 16.0 Å². The Balaban J connectivity index is 0.00000480. The SMILES string of the molecule is CN=C(NCCNc1ncccc1C(F)(F)F)NCCc1ccc(S(C)(=O)=O)cc1.I. The molecule has 0 spiro atoms. The highest BCUT2D eigenvalue weighted by Gasteiger charge is 2.33. The molecule has 1 aromatic heterocycles. The highest BCUT2D eigenvalue weighted by Crippen LogP contribution is 2.33. The molecule has 0 saturated heterocycles. The summed E-state index contributed by atoms with van der Waals surface area (Å²) in [5.41, 5.74) is 0.149. The molecule has 1 heterocycles. The first-order valence-corrected chi connectivity index (χ1v) is 11.0. The number of sulfone groups is 1. The number of rotatable bonds is 8. The van der Waals surface area contributed by atoms with Gasteiger partial charge in [0, 0.05) is 39.1 Å². The normalized spacial score (nSPS) is 12.1. The molecule has 0 radical (unpaired) electrons. The van der Waals surface area contributed by atoms with Gasteiger partial charge in [-0.2, -0.15) is 13.2 Å². The number of benzene rings is 1. The first-order valence-electron chi connectivity index (χ1n) is 9.11. The van der Waals surface area contributed by atoms with Crippen molar-refractivity contribution in [3.05, 3.63) is 53.7 Å². The standard InChI is InChI=1S/C19H24F3N5O2S.HI/c1-23-18(26-11-9-14-5-7-15(8-6-14)30(2,28)29)27-13-12-25-17-16(19(20,21)22)4-3-10-24-17;/h3-8,10H,9,11-13H2,1-2H3,(H,24,25)(H2,23,26,27);1H. The van der Waals surface area contributed by atoms with Gasteiger partial charge in [0.2, 0.25) is 0 Å². The quantitative estimate of drug-likeness (QED) is 0.195. The van der Waals surface area contributed by atoms with Crippen LogP contribution in [0.2, 0.25) is 0 Å². The number of alkyl halides is 3. The fraction of sp³-hybridized carbons (Fsp3) is 0.368. The average Bonchev–Trinajstić information content (AvgIpc) is 2.69. The molecule has 0 aliphatic heterocycles. The van der Waals surface area contributed by atoms with E-state index < -0.39 is 21.6 Å². The van der Waals surface area contributed by atoms with Crippen molar-refractivity contribution in [2.45, 2.75) is 17.5 Å². The summed E-state index contributed by atoms with van der Waals surface area (Å²) < 4.78 is 61.8. The molecule has 3 N–H and O–H groups in total. The fourth-order valence-electron chi connectivity index (χ4n) is 2.59. The number of halogens is 4. The molecule has 0 atom stereocenters. The zero-order valence-corrected chi connectivity index (χ0v) is 20.2. The van der Waals surface area contributed by atoms with E-state index in [4.69, 9.17) is 0 Å². The van der Waals surface area contributed by atoms with Crippen molar-refractivity contribution in [3.8, 4) is 0 Å². The molecule has 12 heteroatoms. The Morgan fingerprint density at radius 2 is 1.71 bits per heavy atom. The number of pyridine rings is 1. The zero-order valence-electron chi connectivity index (χ0n) is 17.0. The molecule has 0 aliphatic carbocycles. The maximum absolute atomic E-state index is 12.9. The molecule has 2 aromatic rings. The van der Waals surface area contributed by atoms with Crippen molar-refractivity contribution in [2.75, 3.05) is 38.3 Å². The summed E-state index contributed by atoms with van der Waals surface area (Å²) in [6.45, 7) is 1.09. The molecule has 0 amide bonds. The first kappa shape index (κ1) is 26.9. The van der Waals surface area contributed by atoms with E-state index in [0.717, 1.165) is 17.9 Å². The van der Waals surface area contributed by atoms with Crippen molar-refractivity contribution in [2.24, 2.45) is 4.99 Å². The van der Waals surface area contributed by atoms with E-state index >= 15 is 0 Å². The van der Waals surface area contributed by atoms with E-state index in [1.165, 1.54) is 12.3 Å². The van der Waals surface area contributed by atoms with E-state index in [1.807, 2.05) is 0 Å². The maximum atomic E-state index is 12.9. The van der Waals surface area contributed by atoms with Gasteiger partial charge in [0.05, 0.1) is 10.5 Å². The monoisotopic (exact) mass is 571 g/mol. The van der Waals surface area contributed by atoms with Gasteiger partial charge in [0.25, 0.3) is 0 Å². The van der Waals surface area contributed by atoms with Crippen LogP contribution in [0.3, 0.4) is 0 Å². The number of nitrogens with one attached hydrogen (secondary N) is 3. The van der Waals surface area contributed by atoms with Crippen LogP contribution in [0.4, 0.5) is 19.0 Å². The lowest BCUT2D eigenvalue weighted by Crippen LogP contribution is -2.40. The van der Waals surface area contributed by atoms with Gasteiger partial charge in [-0.15, -0.1) is 24.0 Å². The highest BCUT2D eigenvalue weighted by molar-refractivity contribution is 14.0. The van der Waals surface area contributed by atoms with Crippen LogP contribution >= 0.6 is 24.0 Å². The Bertz CT molecular complexity index is 967. The summed E-state index contributed by atoms with van der Waals surface area (Å²) in [5, 5.41) is 8.77. The van der Waals surface area contributed by atoms with Gasteiger partial charge in [0.15, 0.2) is 15.8 Å². The minimum atomic E-state index is -4.47. The smallest absolute Gasteiger partial charge is 0.368 e. The summed E-state index contributed by atoms with van der Waals surface area (Å²) in [7, 11) is -1.63. The first-order chi connectivity index (χ1) is 14.1. The van der Waals surface area contributed by atoms with Crippen molar-refractivity contribution in [1.82, 2.24) is 15.6 Å². The summed E-state index contributed by atoms with van der Waals surface area (Å²) in [4.78, 5) is 8.07. The van der Waals surface area contributed by atoms with Crippen molar-refractivity contribution in [3.63, 3.8) is 0 Å². The van der Waals surface area contributed by atoms with E-state index in [1.54, 1.807) is 31.3 Å². The van der Waals surface area contributed by atoms with Crippen LogP contribution in [0, 0.1) is 0 Å². The number of aliphatic imine (C=N–C) groups is 1. The van der Waals surface area contributed by atoms with E-state index in [-0.39, 0.29) is 41.2 Å². The molecule has 0 unspecified atom stereocenters. The minimum Gasteiger partial charge on any atom is -0.368 e. The van der Waals surface area contributed by atoms with E-state index in [2.05, 4.69) is 25.9 Å². The summed E-state index contributed by atoms with van der Waals surface area (Å²) in [6, 6.07) is 8.86. The van der Waals surface area contributed by atoms with Crippen LogP contribution in [0.1, 0.15) is 11.1 Å². The third kappa shape index (κ3) is 8.89. The molecule has 31 heavy (non-hydrogen) atoms. The Hall–Kier alpha value is -2.09. The van der Waals surface area contributed by atoms with Gasteiger partial charge in [-0.05, 0) is 36.2 Å². The molecule has 0 bridgehead atoms. The Labute approximate surface area is 196 Å². The number of nitrogens with zero attached hydrogens (tertiary/aromatic N) is 2. The van der Waals surface area contributed by atoms with Gasteiger partial charge in [-0.1, -0.05) is 12.1 Å². The number of hydrogen-bond donors (Lipinski definition) is 3. The van der Waals surface area contributed by atoms with Crippen LogP contribution in [0.15, 0.2) is 52.5 Å². The molecule has 0 fully saturated rings. The highest BCUT2D eigenvalue weighted by atomic mass is 127. The summed E-state index contributed by atoms with van der Waals surface area (Å²) >= 11 is 0. The Morgan fingerprint density at radius 1 is 1.06 bits per heavy atom. The van der Waals surface area contributed by atoms with Crippen LogP contribution in [0.5, 0.6) is 0 Å². The molecular formula is C19H25F3IN5O2S. The van der Waals surface area contributed by atoms with Crippen molar-refractivity contribution in [1.29, 1.82) is 0 Å². The molecule has 172 valence electrons. The van der Waals surface area contributed by atoms with E-state index in [0.29, 0.717) is 25.5 Å². The second-order valence-electron chi connectivity index (χ2n) is 6.42. The van der Waals surface area contributed by atoms with Crippen LogP contribution in [-0.2, 0) is 22.4 Å². The second-order valence-corrected chi connectivity index (χ2v) is 8.43. The third-order valence-electron chi connectivity index (χ3n) is 4.10. The van der Waals surface area contributed by atoms with Gasteiger partial charge in [0.1, 0.15) is 5.82 Å². The predicted molar refractivity (Wildman–Crippen MR) is 126 cm³/mol. The second kappa shape index (κ2) is 12.1. The zero-order chi connectivity index (χ0) is 22.2. The number of aromatic nitrogens is 1. The van der Waals surface area contributed by atoms with Crippen LogP contribution < -0.4 is 16.0 Å². The topological polar surface area (TPSA) is 95.5 Å². The summed E-state index contributed by atoms with van der Waals surface area (Å²) in [5.74, 6) is 0.286. The predicted octanol–water partition coefficient (Wildman–Crippen LogP) is 2.94. The third-order valence-corrected chi connectivity index (χ3v) is 5.23. The lowest BCUT2D eigenvalue weighted by Gasteiger charge is -2.15. The Kier molecular flexibility index (Phi) is 10.5. The molecule has 2 rings (SSSR count). The van der Waals surface area contributed by atoms with E-state index in [9.17, 15) is 21.6 Å². The molecule has 7 nitrogen and oxygen atoms in total. The number of guanidine groups is 1. The Morgan fingerprint density at radius 3 is 2.29 bits per heavy atom. The van der Waals surface area contributed by atoms with Crippen LogP contribution in [-0.4, -0.2) is 52.3 Å². The largest absolute Gasteiger partial charge is 0.419 e. The van der Waals surface area contributed by atoms with Crippen molar-refractivity contribution >= 4 is 45.6 Å². The number of anilines is 1. The lowest BCUT2D eigenvalue weighted by molar-refractivity contribution is -0.137. The fourth-order valence-corrected chi connectivity index (χ4v) is 3.22. The average molecular weight is 571 g/mol. The minimum absolute atomic E-state index is 0. The molecule has 0 aliphatic rings. The molecule has 1 aromatic carbocycles.